The van der Waals surface area contributed by atoms with Gasteiger partial charge in [0.2, 0.25) is 0 Å². The molecule has 4 aromatic rings. The van der Waals surface area contributed by atoms with Crippen LogP contribution in [0, 0.1) is 0 Å². The van der Waals surface area contributed by atoms with E-state index in [1.807, 2.05) is 41.9 Å². The van der Waals surface area contributed by atoms with E-state index in [1.165, 1.54) is 4.90 Å². The normalized spacial score (nSPS) is 11.2. The van der Waals surface area contributed by atoms with E-state index in [4.69, 9.17) is 11.6 Å². The first-order valence-electron chi connectivity index (χ1n) is 8.06. The molecule has 1 amide bonds. The van der Waals surface area contributed by atoms with Gasteiger partial charge in [-0.15, -0.1) is 0 Å². The van der Waals surface area contributed by atoms with Crippen molar-refractivity contribution in [3.8, 4) is 11.5 Å². The van der Waals surface area contributed by atoms with Gasteiger partial charge < -0.3 is 9.47 Å². The highest BCUT2D eigenvalue weighted by Gasteiger charge is 2.23. The quantitative estimate of drug-likeness (QED) is 0.545. The number of benzene rings is 1. The maximum absolute atomic E-state index is 12.8. The van der Waals surface area contributed by atoms with Gasteiger partial charge in [0.15, 0.2) is 5.82 Å². The topological polar surface area (TPSA) is 63.9 Å². The van der Waals surface area contributed by atoms with Crippen LogP contribution in [0.4, 0.5) is 0 Å². The van der Waals surface area contributed by atoms with Crippen molar-refractivity contribution in [1.82, 2.24) is 24.4 Å². The second-order valence-electron chi connectivity index (χ2n) is 6.23. The molecule has 130 valence electrons. The SMILES string of the molecule is CN(C)C(=O)c1nc(-c2ccccn2)nc2c1c1ccc(Cl)cc1n2C. The number of aromatic nitrogens is 4. The predicted molar refractivity (Wildman–Crippen MR) is 102 cm³/mol. The molecule has 0 aliphatic rings. The summed E-state index contributed by atoms with van der Waals surface area (Å²) in [6.07, 6.45) is 1.68. The highest BCUT2D eigenvalue weighted by atomic mass is 35.5. The summed E-state index contributed by atoms with van der Waals surface area (Å²) < 4.78 is 1.93. The number of fused-ring (bicyclic) bond motifs is 3. The van der Waals surface area contributed by atoms with E-state index in [9.17, 15) is 4.79 Å². The molecular weight excluding hydrogens is 350 g/mol. The van der Waals surface area contributed by atoms with Crippen molar-refractivity contribution in [2.45, 2.75) is 0 Å². The molecule has 3 heterocycles. The lowest BCUT2D eigenvalue weighted by Crippen LogP contribution is -2.23. The number of aryl methyl sites for hydroxylation is 1. The third-order valence-corrected chi connectivity index (χ3v) is 4.54. The zero-order valence-electron chi connectivity index (χ0n) is 14.6. The molecule has 7 heteroatoms. The minimum Gasteiger partial charge on any atom is -0.343 e. The van der Waals surface area contributed by atoms with E-state index >= 15 is 0 Å². The second-order valence-corrected chi connectivity index (χ2v) is 6.67. The van der Waals surface area contributed by atoms with E-state index in [0.29, 0.717) is 27.9 Å². The summed E-state index contributed by atoms with van der Waals surface area (Å²) in [5, 5.41) is 2.24. The summed E-state index contributed by atoms with van der Waals surface area (Å²) in [5.74, 6) is 0.234. The summed E-state index contributed by atoms with van der Waals surface area (Å²) in [6, 6.07) is 11.1. The van der Waals surface area contributed by atoms with Gasteiger partial charge in [-0.3, -0.25) is 9.78 Å². The van der Waals surface area contributed by atoms with Crippen LogP contribution in [0.2, 0.25) is 5.02 Å². The zero-order chi connectivity index (χ0) is 18.4. The highest BCUT2D eigenvalue weighted by molar-refractivity contribution is 6.31. The molecule has 0 unspecified atom stereocenters. The van der Waals surface area contributed by atoms with Crippen LogP contribution in [0.25, 0.3) is 33.5 Å². The Bertz CT molecular complexity index is 1150. The summed E-state index contributed by atoms with van der Waals surface area (Å²) >= 11 is 6.16. The minimum absolute atomic E-state index is 0.183. The van der Waals surface area contributed by atoms with Crippen molar-refractivity contribution in [3.63, 3.8) is 0 Å². The van der Waals surface area contributed by atoms with Crippen LogP contribution in [0.5, 0.6) is 0 Å². The highest BCUT2D eigenvalue weighted by Crippen LogP contribution is 2.32. The number of nitrogens with zero attached hydrogens (tertiary/aromatic N) is 5. The average Bonchev–Trinajstić information content (AvgIpc) is 2.93. The molecule has 0 atom stereocenters. The Morgan fingerprint density at radius 3 is 2.65 bits per heavy atom. The fraction of sp³-hybridized carbons (Fsp3) is 0.158. The van der Waals surface area contributed by atoms with Gasteiger partial charge in [0.05, 0.1) is 10.9 Å². The summed E-state index contributed by atoms with van der Waals surface area (Å²) in [5.41, 5.74) is 2.54. The maximum Gasteiger partial charge on any atom is 0.272 e. The Labute approximate surface area is 155 Å². The molecule has 0 bridgehead atoms. The Morgan fingerprint density at radius 2 is 1.96 bits per heavy atom. The molecule has 0 aliphatic carbocycles. The number of carbonyl (C=O) groups excluding carboxylic acids is 1. The van der Waals surface area contributed by atoms with Crippen molar-refractivity contribution in [3.05, 3.63) is 53.3 Å². The standard InChI is InChI=1S/C19H16ClN5O/c1-24(2)19(26)16-15-12-8-7-11(20)10-14(12)25(3)18(15)23-17(22-16)13-6-4-5-9-21-13/h4-10H,1-3H3. The number of carbonyl (C=O) groups is 1. The first-order valence-corrected chi connectivity index (χ1v) is 8.44. The molecule has 1 aromatic carbocycles. The molecule has 0 spiro atoms. The first-order chi connectivity index (χ1) is 12.5. The molecule has 3 aromatic heterocycles. The van der Waals surface area contributed by atoms with Gasteiger partial charge in [0.25, 0.3) is 5.91 Å². The summed E-state index contributed by atoms with van der Waals surface area (Å²) in [4.78, 5) is 27.9. The van der Waals surface area contributed by atoms with Crippen LogP contribution in [0.3, 0.4) is 0 Å². The monoisotopic (exact) mass is 365 g/mol. The zero-order valence-corrected chi connectivity index (χ0v) is 15.3. The minimum atomic E-state index is -0.183. The number of amides is 1. The van der Waals surface area contributed by atoms with Crippen molar-refractivity contribution in [1.29, 1.82) is 0 Å². The molecule has 0 saturated carbocycles. The average molecular weight is 366 g/mol. The molecule has 0 N–H and O–H groups in total. The lowest BCUT2D eigenvalue weighted by Gasteiger charge is -2.12. The summed E-state index contributed by atoms with van der Waals surface area (Å²) in [7, 11) is 5.32. The number of hydrogen-bond acceptors (Lipinski definition) is 4. The summed E-state index contributed by atoms with van der Waals surface area (Å²) in [6.45, 7) is 0. The molecular formula is C19H16ClN5O. The lowest BCUT2D eigenvalue weighted by atomic mass is 10.1. The molecule has 6 nitrogen and oxygen atoms in total. The number of rotatable bonds is 2. The molecule has 4 rings (SSSR count). The number of pyridine rings is 1. The van der Waals surface area contributed by atoms with Gasteiger partial charge in [-0.2, -0.15) is 0 Å². The molecule has 26 heavy (non-hydrogen) atoms. The molecule has 0 aliphatic heterocycles. The molecule has 0 fully saturated rings. The van der Waals surface area contributed by atoms with Crippen LogP contribution in [0.1, 0.15) is 10.5 Å². The van der Waals surface area contributed by atoms with Gasteiger partial charge in [-0.05, 0) is 24.3 Å². The van der Waals surface area contributed by atoms with Crippen molar-refractivity contribution >= 4 is 39.4 Å². The predicted octanol–water partition coefficient (Wildman–Crippen LogP) is 3.54. The Hall–Kier alpha value is -2.99. The van der Waals surface area contributed by atoms with E-state index in [2.05, 4.69) is 15.0 Å². The van der Waals surface area contributed by atoms with Gasteiger partial charge in [0.1, 0.15) is 17.0 Å². The lowest BCUT2D eigenvalue weighted by molar-refractivity contribution is 0.0824. The molecule has 0 radical (unpaired) electrons. The van der Waals surface area contributed by atoms with Crippen molar-refractivity contribution in [2.24, 2.45) is 7.05 Å². The van der Waals surface area contributed by atoms with E-state index in [1.54, 1.807) is 26.4 Å². The van der Waals surface area contributed by atoms with Gasteiger partial charge >= 0.3 is 0 Å². The van der Waals surface area contributed by atoms with Crippen LogP contribution >= 0.6 is 11.6 Å². The Balaban J connectivity index is 2.14. The van der Waals surface area contributed by atoms with E-state index in [0.717, 1.165) is 16.3 Å². The van der Waals surface area contributed by atoms with Crippen LogP contribution in [-0.2, 0) is 7.05 Å². The fourth-order valence-corrected chi connectivity index (χ4v) is 3.19. The maximum atomic E-state index is 12.8. The van der Waals surface area contributed by atoms with Crippen molar-refractivity contribution in [2.75, 3.05) is 14.1 Å². The van der Waals surface area contributed by atoms with Crippen LogP contribution < -0.4 is 0 Å². The fourth-order valence-electron chi connectivity index (χ4n) is 3.02. The Kier molecular flexibility index (Phi) is 3.85. The smallest absolute Gasteiger partial charge is 0.272 e. The first kappa shape index (κ1) is 16.5. The van der Waals surface area contributed by atoms with Crippen LogP contribution in [-0.4, -0.2) is 44.4 Å². The van der Waals surface area contributed by atoms with E-state index in [-0.39, 0.29) is 5.91 Å². The largest absolute Gasteiger partial charge is 0.343 e. The third-order valence-electron chi connectivity index (χ3n) is 4.30. The third kappa shape index (κ3) is 2.50. The second kappa shape index (κ2) is 6.07. The van der Waals surface area contributed by atoms with Gasteiger partial charge in [-0.1, -0.05) is 23.7 Å². The van der Waals surface area contributed by atoms with Crippen molar-refractivity contribution < 1.29 is 4.79 Å². The molecule has 0 saturated heterocycles. The van der Waals surface area contributed by atoms with Gasteiger partial charge in [-0.25, -0.2) is 9.97 Å². The van der Waals surface area contributed by atoms with Gasteiger partial charge in [0, 0.05) is 37.7 Å². The van der Waals surface area contributed by atoms with Crippen LogP contribution in [0.15, 0.2) is 42.6 Å². The Morgan fingerprint density at radius 1 is 1.15 bits per heavy atom. The number of halogens is 1. The number of hydrogen-bond donors (Lipinski definition) is 0. The van der Waals surface area contributed by atoms with E-state index < -0.39 is 0 Å².